The van der Waals surface area contributed by atoms with Crippen LogP contribution in [0.4, 0.5) is 0 Å². The van der Waals surface area contributed by atoms with Crippen molar-refractivity contribution in [3.63, 3.8) is 0 Å². The van der Waals surface area contributed by atoms with Crippen LogP contribution in [0.25, 0.3) is 0 Å². The third-order valence-electron chi connectivity index (χ3n) is 4.76. The number of carbonyl (C=O) groups excluding carboxylic acids is 1. The average molecular weight is 320 g/mol. The molecule has 0 amide bonds. The van der Waals surface area contributed by atoms with Crippen LogP contribution in [0, 0.1) is 5.92 Å². The Bertz CT molecular complexity index is 602. The summed E-state index contributed by atoms with van der Waals surface area (Å²) in [5.74, 6) is -0.101. The van der Waals surface area contributed by atoms with Crippen molar-refractivity contribution in [1.29, 1.82) is 0 Å². The predicted molar refractivity (Wildman–Crippen MR) is 84.1 cm³/mol. The number of allylic oxidation sites excluding steroid dienone is 1. The van der Waals surface area contributed by atoms with Gasteiger partial charge in [0, 0.05) is 29.4 Å². The first-order valence-corrected chi connectivity index (χ1v) is 8.05. The number of nitrogens with one attached hydrogen (secondary N) is 2. The van der Waals surface area contributed by atoms with Crippen molar-refractivity contribution in [2.45, 2.75) is 44.7 Å². The topological polar surface area (TPSA) is 64.2 Å². The molecule has 1 saturated heterocycles. The van der Waals surface area contributed by atoms with Gasteiger partial charge in [-0.05, 0) is 49.5 Å². The van der Waals surface area contributed by atoms with Crippen molar-refractivity contribution >= 4 is 17.4 Å². The average Bonchev–Trinajstić information content (AvgIpc) is 2.79. The number of hydrogen-bond donors (Lipinski definition) is 2. The van der Waals surface area contributed by atoms with Gasteiger partial charge in [0.1, 0.15) is 0 Å². The van der Waals surface area contributed by atoms with Crippen molar-refractivity contribution in [2.75, 3.05) is 0 Å². The highest BCUT2D eigenvalue weighted by atomic mass is 35.5. The van der Waals surface area contributed by atoms with Crippen molar-refractivity contribution in [1.82, 2.24) is 10.9 Å². The highest BCUT2D eigenvalue weighted by Crippen LogP contribution is 2.37. The minimum Gasteiger partial charge on any atom is -0.875 e. The maximum absolute atomic E-state index is 12.6. The maximum Gasteiger partial charge on any atom is 0.158 e. The lowest BCUT2D eigenvalue weighted by molar-refractivity contribution is -0.310. The van der Waals surface area contributed by atoms with Crippen LogP contribution in [0.5, 0.6) is 0 Å². The van der Waals surface area contributed by atoms with Crippen LogP contribution in [0.3, 0.4) is 0 Å². The lowest BCUT2D eigenvalue weighted by atomic mass is 9.75. The van der Waals surface area contributed by atoms with E-state index in [1.54, 1.807) is 12.1 Å². The van der Waals surface area contributed by atoms with Crippen LogP contribution in [0.2, 0.25) is 5.02 Å². The van der Waals surface area contributed by atoms with E-state index in [4.69, 9.17) is 11.6 Å². The molecule has 1 aliphatic heterocycles. The van der Waals surface area contributed by atoms with Crippen molar-refractivity contribution in [2.24, 2.45) is 5.92 Å². The van der Waals surface area contributed by atoms with Crippen LogP contribution < -0.4 is 16.0 Å². The minimum absolute atomic E-state index is 0.00889. The number of carbonyl (C=O) groups is 1. The number of rotatable bonds is 2. The molecule has 118 valence electrons. The van der Waals surface area contributed by atoms with Gasteiger partial charge in [-0.3, -0.25) is 15.6 Å². The molecule has 1 heterocycles. The van der Waals surface area contributed by atoms with E-state index in [-0.39, 0.29) is 35.5 Å². The van der Waals surface area contributed by atoms with E-state index in [9.17, 15) is 9.90 Å². The first kappa shape index (κ1) is 15.5. The van der Waals surface area contributed by atoms with Crippen LogP contribution in [-0.4, -0.2) is 17.9 Å². The molecule has 5 heteroatoms. The zero-order valence-corrected chi connectivity index (χ0v) is 13.5. The molecule has 0 bridgehead atoms. The fourth-order valence-electron chi connectivity index (χ4n) is 3.61. The highest BCUT2D eigenvalue weighted by molar-refractivity contribution is 6.30. The van der Waals surface area contributed by atoms with Gasteiger partial charge in [0.05, 0.1) is 0 Å². The smallest absolute Gasteiger partial charge is 0.158 e. The molecule has 1 aliphatic carbocycles. The molecule has 2 aliphatic rings. The Hall–Kier alpha value is -1.36. The standard InChI is InChI=1S/C17H21ClN2O2/c1-9-16(10(2)20-19-9)17-14(21)7-12(8-15(17)22)11-3-5-13(18)6-4-11/h3-6,9-10,12,16,19-21H,7-8H2,1-2H3/p-1. The van der Waals surface area contributed by atoms with Gasteiger partial charge >= 0.3 is 0 Å². The fraction of sp³-hybridized carbons (Fsp3) is 0.471. The summed E-state index contributed by atoms with van der Waals surface area (Å²) in [4.78, 5) is 12.6. The highest BCUT2D eigenvalue weighted by Gasteiger charge is 2.38. The molecule has 22 heavy (non-hydrogen) atoms. The SMILES string of the molecule is CC1NNC(C)C1C1=C([O-])CC(c2ccc(Cl)cc2)CC1=O. The predicted octanol–water partition coefficient (Wildman–Crippen LogP) is 1.90. The monoisotopic (exact) mass is 319 g/mol. The molecular weight excluding hydrogens is 300 g/mol. The van der Waals surface area contributed by atoms with Gasteiger partial charge in [0.25, 0.3) is 0 Å². The second-order valence-electron chi connectivity index (χ2n) is 6.31. The van der Waals surface area contributed by atoms with E-state index in [2.05, 4.69) is 10.9 Å². The van der Waals surface area contributed by atoms with E-state index in [0.29, 0.717) is 23.4 Å². The third-order valence-corrected chi connectivity index (χ3v) is 5.01. The first-order valence-electron chi connectivity index (χ1n) is 7.67. The summed E-state index contributed by atoms with van der Waals surface area (Å²) in [6.45, 7) is 4.00. The van der Waals surface area contributed by atoms with E-state index in [1.165, 1.54) is 0 Å². The number of hydrogen-bond acceptors (Lipinski definition) is 4. The van der Waals surface area contributed by atoms with Gasteiger partial charge < -0.3 is 5.11 Å². The van der Waals surface area contributed by atoms with Crippen LogP contribution in [0.1, 0.15) is 38.2 Å². The zero-order valence-electron chi connectivity index (χ0n) is 12.7. The molecule has 0 aromatic heterocycles. The molecule has 3 rings (SSSR count). The van der Waals surface area contributed by atoms with Gasteiger partial charge in [0.2, 0.25) is 0 Å². The Morgan fingerprint density at radius 2 is 1.68 bits per heavy atom. The molecule has 2 N–H and O–H groups in total. The van der Waals surface area contributed by atoms with Crippen LogP contribution in [-0.2, 0) is 4.79 Å². The van der Waals surface area contributed by atoms with Gasteiger partial charge in [-0.1, -0.05) is 23.7 Å². The normalized spacial score (nSPS) is 32.6. The summed E-state index contributed by atoms with van der Waals surface area (Å²) in [5.41, 5.74) is 7.73. The Morgan fingerprint density at radius 1 is 1.09 bits per heavy atom. The summed E-state index contributed by atoms with van der Waals surface area (Å²) in [6, 6.07) is 7.60. The summed E-state index contributed by atoms with van der Waals surface area (Å²) < 4.78 is 0. The van der Waals surface area contributed by atoms with E-state index in [1.807, 2.05) is 26.0 Å². The summed E-state index contributed by atoms with van der Waals surface area (Å²) in [6.07, 6.45) is 0.803. The summed E-state index contributed by atoms with van der Waals surface area (Å²) in [5, 5.41) is 13.3. The molecule has 0 spiro atoms. The number of halogens is 1. The molecule has 3 atom stereocenters. The quantitative estimate of drug-likeness (QED) is 0.874. The Labute approximate surface area is 135 Å². The number of benzene rings is 1. The van der Waals surface area contributed by atoms with E-state index in [0.717, 1.165) is 5.56 Å². The third kappa shape index (κ3) is 2.78. The van der Waals surface area contributed by atoms with E-state index < -0.39 is 0 Å². The molecule has 1 aromatic rings. The number of ketones is 1. The van der Waals surface area contributed by atoms with Crippen LogP contribution in [0.15, 0.2) is 35.6 Å². The van der Waals surface area contributed by atoms with Crippen molar-refractivity contribution < 1.29 is 9.90 Å². The molecule has 1 fully saturated rings. The second kappa shape index (κ2) is 6.03. The van der Waals surface area contributed by atoms with E-state index >= 15 is 0 Å². The molecule has 0 radical (unpaired) electrons. The Kier molecular flexibility index (Phi) is 4.26. The lowest BCUT2D eigenvalue weighted by Crippen LogP contribution is -2.35. The maximum atomic E-state index is 12.6. The van der Waals surface area contributed by atoms with Gasteiger partial charge in [0.15, 0.2) is 5.78 Å². The second-order valence-corrected chi connectivity index (χ2v) is 6.74. The molecule has 1 aromatic carbocycles. The lowest BCUT2D eigenvalue weighted by Gasteiger charge is -2.34. The largest absolute Gasteiger partial charge is 0.875 e. The first-order chi connectivity index (χ1) is 10.5. The number of hydrazine groups is 1. The molecular formula is C17H20ClN2O2-. The van der Waals surface area contributed by atoms with Gasteiger partial charge in [-0.15, -0.1) is 5.76 Å². The zero-order chi connectivity index (χ0) is 15.9. The number of Topliss-reactive ketones (excluding diaryl/α,β-unsaturated/α-hetero) is 1. The molecule has 0 saturated carbocycles. The summed E-state index contributed by atoms with van der Waals surface area (Å²) in [7, 11) is 0. The van der Waals surface area contributed by atoms with Crippen LogP contribution >= 0.6 is 11.6 Å². The van der Waals surface area contributed by atoms with Gasteiger partial charge in [-0.25, -0.2) is 0 Å². The Morgan fingerprint density at radius 3 is 2.23 bits per heavy atom. The van der Waals surface area contributed by atoms with Crippen molar-refractivity contribution in [3.05, 3.63) is 46.2 Å². The van der Waals surface area contributed by atoms with Gasteiger partial charge in [-0.2, -0.15) is 0 Å². The molecule has 4 nitrogen and oxygen atoms in total. The summed E-state index contributed by atoms with van der Waals surface area (Å²) >= 11 is 5.90. The molecule has 3 unspecified atom stereocenters. The minimum atomic E-state index is -0.0498. The Balaban J connectivity index is 1.87. The van der Waals surface area contributed by atoms with Crippen molar-refractivity contribution in [3.8, 4) is 0 Å². The fourth-order valence-corrected chi connectivity index (χ4v) is 3.74.